The number of hydrogen-bond donors (Lipinski definition) is 1. The first-order chi connectivity index (χ1) is 9.95. The predicted molar refractivity (Wildman–Crippen MR) is 78.3 cm³/mol. The van der Waals surface area contributed by atoms with Gasteiger partial charge in [-0.3, -0.25) is 9.59 Å². The molecule has 0 aromatic heterocycles. The molecule has 0 radical (unpaired) electrons. The highest BCUT2D eigenvalue weighted by Gasteiger charge is 2.31. The molecule has 0 atom stereocenters. The molecule has 21 heavy (non-hydrogen) atoms. The van der Waals surface area contributed by atoms with Crippen molar-refractivity contribution in [3.05, 3.63) is 29.8 Å². The van der Waals surface area contributed by atoms with Crippen molar-refractivity contribution in [3.8, 4) is 5.75 Å². The Labute approximate surface area is 124 Å². The SMILES string of the molecule is CC(C)c1ccc(OCC(=O)N2CC(CC(=O)O)C2)cc1. The van der Waals surface area contributed by atoms with E-state index in [4.69, 9.17) is 9.84 Å². The lowest BCUT2D eigenvalue weighted by Crippen LogP contribution is -2.52. The number of ether oxygens (including phenoxy) is 1. The predicted octanol–water partition coefficient (Wildman–Crippen LogP) is 2.12. The van der Waals surface area contributed by atoms with Crippen molar-refractivity contribution in [2.75, 3.05) is 19.7 Å². The van der Waals surface area contributed by atoms with Crippen LogP contribution in [-0.4, -0.2) is 41.6 Å². The van der Waals surface area contributed by atoms with E-state index in [9.17, 15) is 9.59 Å². The molecule has 0 aliphatic carbocycles. The molecule has 0 bridgehead atoms. The number of amides is 1. The molecule has 1 fully saturated rings. The fraction of sp³-hybridized carbons (Fsp3) is 0.500. The number of carboxylic acid groups (broad SMARTS) is 1. The summed E-state index contributed by atoms with van der Waals surface area (Å²) in [4.78, 5) is 24.0. The molecule has 1 aliphatic heterocycles. The zero-order chi connectivity index (χ0) is 15.4. The molecule has 1 aromatic rings. The molecule has 1 aliphatic rings. The summed E-state index contributed by atoms with van der Waals surface area (Å²) in [5.74, 6) is 0.318. The Bertz CT molecular complexity index is 504. The van der Waals surface area contributed by atoms with E-state index >= 15 is 0 Å². The van der Waals surface area contributed by atoms with Crippen molar-refractivity contribution >= 4 is 11.9 Å². The molecular formula is C16H21NO4. The Morgan fingerprint density at radius 2 is 1.90 bits per heavy atom. The highest BCUT2D eigenvalue weighted by atomic mass is 16.5. The Balaban J connectivity index is 1.73. The van der Waals surface area contributed by atoms with Gasteiger partial charge < -0.3 is 14.7 Å². The lowest BCUT2D eigenvalue weighted by molar-refractivity contribution is -0.146. The summed E-state index contributed by atoms with van der Waals surface area (Å²) in [7, 11) is 0. The summed E-state index contributed by atoms with van der Waals surface area (Å²) in [5, 5.41) is 8.66. The Kier molecular flexibility index (Phi) is 4.83. The summed E-state index contributed by atoms with van der Waals surface area (Å²) in [6.07, 6.45) is 0.126. The number of likely N-dealkylation sites (tertiary alicyclic amines) is 1. The third-order valence-corrected chi connectivity index (χ3v) is 3.68. The Morgan fingerprint density at radius 1 is 1.29 bits per heavy atom. The molecule has 5 nitrogen and oxygen atoms in total. The maximum Gasteiger partial charge on any atom is 0.303 e. The lowest BCUT2D eigenvalue weighted by atomic mass is 9.96. The molecule has 0 unspecified atom stereocenters. The summed E-state index contributed by atoms with van der Waals surface area (Å²) < 4.78 is 5.47. The van der Waals surface area contributed by atoms with Crippen LogP contribution in [0.5, 0.6) is 5.75 Å². The van der Waals surface area contributed by atoms with E-state index in [0.29, 0.717) is 24.8 Å². The van der Waals surface area contributed by atoms with Gasteiger partial charge in [0, 0.05) is 19.0 Å². The van der Waals surface area contributed by atoms with Crippen molar-refractivity contribution < 1.29 is 19.4 Å². The molecule has 1 N–H and O–H groups in total. The molecule has 114 valence electrons. The number of carbonyl (C=O) groups is 2. The van der Waals surface area contributed by atoms with E-state index in [-0.39, 0.29) is 24.9 Å². The molecule has 0 saturated carbocycles. The van der Waals surface area contributed by atoms with E-state index < -0.39 is 5.97 Å². The number of rotatable bonds is 6. The minimum atomic E-state index is -0.811. The van der Waals surface area contributed by atoms with Crippen LogP contribution in [-0.2, 0) is 9.59 Å². The van der Waals surface area contributed by atoms with Crippen LogP contribution < -0.4 is 4.74 Å². The molecule has 1 heterocycles. The first kappa shape index (κ1) is 15.4. The van der Waals surface area contributed by atoms with Gasteiger partial charge in [0.15, 0.2) is 6.61 Å². The van der Waals surface area contributed by atoms with Crippen LogP contribution in [0.3, 0.4) is 0 Å². The summed E-state index contributed by atoms with van der Waals surface area (Å²) in [6, 6.07) is 7.73. The van der Waals surface area contributed by atoms with E-state index in [1.54, 1.807) is 4.90 Å². The average Bonchev–Trinajstić information content (AvgIpc) is 2.40. The Morgan fingerprint density at radius 3 is 2.43 bits per heavy atom. The van der Waals surface area contributed by atoms with Crippen LogP contribution in [0, 0.1) is 5.92 Å². The molecular weight excluding hydrogens is 270 g/mol. The van der Waals surface area contributed by atoms with Crippen LogP contribution in [0.25, 0.3) is 0 Å². The zero-order valence-corrected chi connectivity index (χ0v) is 12.4. The van der Waals surface area contributed by atoms with Gasteiger partial charge in [0.2, 0.25) is 0 Å². The van der Waals surface area contributed by atoms with E-state index in [1.807, 2.05) is 24.3 Å². The van der Waals surface area contributed by atoms with Crippen molar-refractivity contribution in [2.45, 2.75) is 26.2 Å². The summed E-state index contributed by atoms with van der Waals surface area (Å²) in [5.41, 5.74) is 1.23. The maximum atomic E-state index is 11.9. The largest absolute Gasteiger partial charge is 0.484 e. The molecule has 2 rings (SSSR count). The highest BCUT2D eigenvalue weighted by Crippen LogP contribution is 2.21. The number of aliphatic carboxylic acids is 1. The highest BCUT2D eigenvalue weighted by molar-refractivity contribution is 5.79. The minimum absolute atomic E-state index is 0.000810. The van der Waals surface area contributed by atoms with Crippen LogP contribution in [0.2, 0.25) is 0 Å². The van der Waals surface area contributed by atoms with Gasteiger partial charge in [-0.1, -0.05) is 26.0 Å². The van der Waals surface area contributed by atoms with E-state index in [0.717, 1.165) is 0 Å². The number of carbonyl (C=O) groups excluding carboxylic acids is 1. The first-order valence-corrected chi connectivity index (χ1v) is 7.18. The fourth-order valence-electron chi connectivity index (χ4n) is 2.33. The number of benzene rings is 1. The smallest absolute Gasteiger partial charge is 0.303 e. The van der Waals surface area contributed by atoms with Gasteiger partial charge in [0.05, 0.1) is 6.42 Å². The van der Waals surface area contributed by atoms with Gasteiger partial charge in [-0.05, 0) is 23.6 Å². The standard InChI is InChI=1S/C16H21NO4/c1-11(2)13-3-5-14(6-4-13)21-10-15(18)17-8-12(9-17)7-16(19)20/h3-6,11-12H,7-10H2,1-2H3,(H,19,20). The number of carboxylic acids is 1. The maximum absolute atomic E-state index is 11.9. The van der Waals surface area contributed by atoms with Crippen molar-refractivity contribution in [1.29, 1.82) is 0 Å². The van der Waals surface area contributed by atoms with Crippen molar-refractivity contribution in [3.63, 3.8) is 0 Å². The van der Waals surface area contributed by atoms with E-state index in [2.05, 4.69) is 13.8 Å². The van der Waals surface area contributed by atoms with Gasteiger partial charge in [0.25, 0.3) is 5.91 Å². The third kappa shape index (κ3) is 4.21. The monoisotopic (exact) mass is 291 g/mol. The van der Waals surface area contributed by atoms with E-state index in [1.165, 1.54) is 5.56 Å². The quantitative estimate of drug-likeness (QED) is 0.872. The fourth-order valence-corrected chi connectivity index (χ4v) is 2.33. The molecule has 1 saturated heterocycles. The average molecular weight is 291 g/mol. The zero-order valence-electron chi connectivity index (χ0n) is 12.4. The summed E-state index contributed by atoms with van der Waals surface area (Å²) in [6.45, 7) is 5.27. The second-order valence-electron chi connectivity index (χ2n) is 5.78. The van der Waals surface area contributed by atoms with Crippen molar-refractivity contribution in [2.24, 2.45) is 5.92 Å². The second-order valence-corrected chi connectivity index (χ2v) is 5.78. The van der Waals surface area contributed by atoms with Crippen LogP contribution in [0.4, 0.5) is 0 Å². The van der Waals surface area contributed by atoms with Crippen molar-refractivity contribution in [1.82, 2.24) is 4.90 Å². The molecule has 1 aromatic carbocycles. The number of hydrogen-bond acceptors (Lipinski definition) is 3. The normalized spacial score (nSPS) is 14.9. The molecule has 5 heteroatoms. The third-order valence-electron chi connectivity index (χ3n) is 3.68. The van der Waals surface area contributed by atoms with Gasteiger partial charge >= 0.3 is 5.97 Å². The Hall–Kier alpha value is -2.04. The first-order valence-electron chi connectivity index (χ1n) is 7.18. The molecule has 1 amide bonds. The van der Waals surface area contributed by atoms with Crippen LogP contribution in [0.15, 0.2) is 24.3 Å². The van der Waals surface area contributed by atoms with Crippen LogP contribution in [0.1, 0.15) is 31.7 Å². The van der Waals surface area contributed by atoms with Crippen LogP contribution >= 0.6 is 0 Å². The van der Waals surface area contributed by atoms with Gasteiger partial charge in [-0.25, -0.2) is 0 Å². The topological polar surface area (TPSA) is 66.8 Å². The second kappa shape index (κ2) is 6.61. The summed E-state index contributed by atoms with van der Waals surface area (Å²) >= 11 is 0. The number of nitrogens with zero attached hydrogens (tertiary/aromatic N) is 1. The lowest BCUT2D eigenvalue weighted by Gasteiger charge is -2.38. The van der Waals surface area contributed by atoms with Gasteiger partial charge in [-0.2, -0.15) is 0 Å². The van der Waals surface area contributed by atoms with Gasteiger partial charge in [0.1, 0.15) is 5.75 Å². The van der Waals surface area contributed by atoms with Gasteiger partial charge in [-0.15, -0.1) is 0 Å². The minimum Gasteiger partial charge on any atom is -0.484 e. The molecule has 0 spiro atoms.